The molecule has 2 heterocycles. The lowest BCUT2D eigenvalue weighted by molar-refractivity contribution is -0.127. The van der Waals surface area contributed by atoms with Crippen molar-refractivity contribution in [2.24, 2.45) is 5.41 Å². The topological polar surface area (TPSA) is 35.6 Å². The van der Waals surface area contributed by atoms with E-state index in [0.29, 0.717) is 11.9 Å². The molecule has 1 saturated carbocycles. The Bertz CT molecular complexity index is 621. The third-order valence-corrected chi connectivity index (χ3v) is 6.59. The minimum atomic E-state index is -0.00403. The van der Waals surface area contributed by atoms with Gasteiger partial charge in [-0.05, 0) is 43.9 Å². The van der Waals surface area contributed by atoms with Gasteiger partial charge in [-0.25, -0.2) is 0 Å². The van der Waals surface area contributed by atoms with Crippen LogP contribution in [0.3, 0.4) is 0 Å². The van der Waals surface area contributed by atoms with Crippen molar-refractivity contribution in [1.29, 1.82) is 0 Å². The van der Waals surface area contributed by atoms with E-state index in [9.17, 15) is 4.79 Å². The SMILES string of the molecule is O=C1N[C@H](CCN2CCN(c3cccc(Cl)c3)CC2)CC12CCCC2. The summed E-state index contributed by atoms with van der Waals surface area (Å²) in [6, 6.07) is 8.51. The molecule has 5 heteroatoms. The van der Waals surface area contributed by atoms with Crippen LogP contribution in [0.4, 0.5) is 5.69 Å². The summed E-state index contributed by atoms with van der Waals surface area (Å²) in [4.78, 5) is 17.3. The number of amides is 1. The van der Waals surface area contributed by atoms with Crippen LogP contribution in [0.25, 0.3) is 0 Å². The van der Waals surface area contributed by atoms with Gasteiger partial charge in [0, 0.05) is 49.5 Å². The molecule has 3 fully saturated rings. The molecule has 136 valence electrons. The lowest BCUT2D eigenvalue weighted by atomic mass is 9.83. The fraction of sp³-hybridized carbons (Fsp3) is 0.650. The Hall–Kier alpha value is -1.26. The van der Waals surface area contributed by atoms with Gasteiger partial charge < -0.3 is 10.2 Å². The first-order valence-electron chi connectivity index (χ1n) is 9.69. The second-order valence-corrected chi connectivity index (χ2v) is 8.40. The summed E-state index contributed by atoms with van der Waals surface area (Å²) >= 11 is 6.11. The Morgan fingerprint density at radius 2 is 1.92 bits per heavy atom. The number of carbonyl (C=O) groups excluding carboxylic acids is 1. The molecule has 0 bridgehead atoms. The first-order valence-corrected chi connectivity index (χ1v) is 10.1. The summed E-state index contributed by atoms with van der Waals surface area (Å²) in [5.74, 6) is 0.334. The average molecular weight is 362 g/mol. The second kappa shape index (κ2) is 7.16. The Balaban J connectivity index is 1.24. The largest absolute Gasteiger partial charge is 0.369 e. The van der Waals surface area contributed by atoms with Gasteiger partial charge >= 0.3 is 0 Å². The Labute approximate surface area is 155 Å². The standard InChI is InChI=1S/C20H28ClN3O/c21-16-4-3-5-18(14-16)24-12-10-23(11-13-24)9-6-17-15-20(19(25)22-17)7-1-2-8-20/h3-5,14,17H,1-2,6-13,15H2,(H,22,25)/t17-/m1/s1. The molecule has 1 atom stereocenters. The average Bonchev–Trinajstić information content (AvgIpc) is 3.21. The van der Waals surface area contributed by atoms with E-state index < -0.39 is 0 Å². The van der Waals surface area contributed by atoms with E-state index in [4.69, 9.17) is 11.6 Å². The summed E-state index contributed by atoms with van der Waals surface area (Å²) in [7, 11) is 0. The summed E-state index contributed by atoms with van der Waals surface area (Å²) in [5, 5.41) is 4.08. The minimum Gasteiger partial charge on any atom is -0.369 e. The summed E-state index contributed by atoms with van der Waals surface area (Å²) in [6.45, 7) is 5.34. The fourth-order valence-electron chi connectivity index (χ4n) is 4.85. The van der Waals surface area contributed by atoms with Crippen LogP contribution >= 0.6 is 11.6 Å². The van der Waals surface area contributed by atoms with Crippen molar-refractivity contribution in [2.45, 2.75) is 44.6 Å². The molecule has 1 aromatic rings. The van der Waals surface area contributed by atoms with Gasteiger partial charge in [-0.15, -0.1) is 0 Å². The van der Waals surface area contributed by atoms with Crippen LogP contribution in [-0.2, 0) is 4.79 Å². The van der Waals surface area contributed by atoms with Crippen molar-refractivity contribution in [3.8, 4) is 0 Å². The Kier molecular flexibility index (Phi) is 4.92. The van der Waals surface area contributed by atoms with Gasteiger partial charge in [0.2, 0.25) is 5.91 Å². The first kappa shape index (κ1) is 17.2. The van der Waals surface area contributed by atoms with E-state index in [1.54, 1.807) is 0 Å². The van der Waals surface area contributed by atoms with Gasteiger partial charge in [-0.3, -0.25) is 9.69 Å². The van der Waals surface area contributed by atoms with E-state index in [0.717, 1.165) is 63.4 Å². The van der Waals surface area contributed by atoms with Crippen LogP contribution < -0.4 is 10.2 Å². The number of hydrogen-bond donors (Lipinski definition) is 1. The van der Waals surface area contributed by atoms with Crippen molar-refractivity contribution in [3.63, 3.8) is 0 Å². The highest BCUT2D eigenvalue weighted by atomic mass is 35.5. The molecule has 0 unspecified atom stereocenters. The van der Waals surface area contributed by atoms with Gasteiger partial charge in [0.25, 0.3) is 0 Å². The number of nitrogens with zero attached hydrogens (tertiary/aromatic N) is 2. The summed E-state index contributed by atoms with van der Waals surface area (Å²) in [5.41, 5.74) is 1.22. The monoisotopic (exact) mass is 361 g/mol. The second-order valence-electron chi connectivity index (χ2n) is 7.96. The maximum atomic E-state index is 12.3. The maximum absolute atomic E-state index is 12.3. The number of halogens is 1. The highest BCUT2D eigenvalue weighted by Gasteiger charge is 2.47. The molecule has 1 amide bonds. The van der Waals surface area contributed by atoms with Crippen LogP contribution in [0.5, 0.6) is 0 Å². The first-order chi connectivity index (χ1) is 12.1. The molecule has 3 aliphatic rings. The highest BCUT2D eigenvalue weighted by molar-refractivity contribution is 6.30. The number of benzene rings is 1. The molecule has 25 heavy (non-hydrogen) atoms. The molecule has 1 spiro atoms. The number of anilines is 1. The molecule has 0 radical (unpaired) electrons. The number of hydrogen-bond acceptors (Lipinski definition) is 3. The van der Waals surface area contributed by atoms with Crippen LogP contribution in [0.15, 0.2) is 24.3 Å². The predicted octanol–water partition coefficient (Wildman–Crippen LogP) is 3.30. The molecule has 4 rings (SSSR count). The quantitative estimate of drug-likeness (QED) is 0.893. The van der Waals surface area contributed by atoms with Gasteiger partial charge in [0.1, 0.15) is 0 Å². The number of rotatable bonds is 4. The van der Waals surface area contributed by atoms with Crippen LogP contribution in [-0.4, -0.2) is 49.6 Å². The van der Waals surface area contributed by atoms with Crippen molar-refractivity contribution in [2.75, 3.05) is 37.6 Å². The highest BCUT2D eigenvalue weighted by Crippen LogP contribution is 2.45. The molecule has 1 aliphatic carbocycles. The van der Waals surface area contributed by atoms with E-state index in [1.807, 2.05) is 18.2 Å². The van der Waals surface area contributed by atoms with E-state index in [1.165, 1.54) is 18.5 Å². The van der Waals surface area contributed by atoms with Crippen molar-refractivity contribution < 1.29 is 4.79 Å². The summed E-state index contributed by atoms with van der Waals surface area (Å²) in [6.07, 6.45) is 6.82. The van der Waals surface area contributed by atoms with Gasteiger partial charge in [0.15, 0.2) is 0 Å². The number of piperazine rings is 1. The molecule has 0 aromatic heterocycles. The minimum absolute atomic E-state index is 0.00403. The summed E-state index contributed by atoms with van der Waals surface area (Å²) < 4.78 is 0. The third kappa shape index (κ3) is 3.65. The van der Waals surface area contributed by atoms with Gasteiger partial charge in [0.05, 0.1) is 5.41 Å². The fourth-order valence-corrected chi connectivity index (χ4v) is 5.04. The zero-order chi connectivity index (χ0) is 17.3. The zero-order valence-electron chi connectivity index (χ0n) is 14.8. The number of carbonyl (C=O) groups is 1. The predicted molar refractivity (Wildman–Crippen MR) is 102 cm³/mol. The molecular formula is C20H28ClN3O. The zero-order valence-corrected chi connectivity index (χ0v) is 15.6. The van der Waals surface area contributed by atoms with Gasteiger partial charge in [-0.2, -0.15) is 0 Å². The lowest BCUT2D eigenvalue weighted by Crippen LogP contribution is -2.47. The molecule has 2 aliphatic heterocycles. The lowest BCUT2D eigenvalue weighted by Gasteiger charge is -2.36. The van der Waals surface area contributed by atoms with Crippen LogP contribution in [0.1, 0.15) is 38.5 Å². The van der Waals surface area contributed by atoms with Crippen molar-refractivity contribution >= 4 is 23.2 Å². The molecule has 1 aromatic carbocycles. The van der Waals surface area contributed by atoms with Crippen LogP contribution in [0, 0.1) is 5.41 Å². The van der Waals surface area contributed by atoms with E-state index in [-0.39, 0.29) is 5.41 Å². The normalized spacial score (nSPS) is 26.4. The number of nitrogens with one attached hydrogen (secondary N) is 1. The van der Waals surface area contributed by atoms with E-state index in [2.05, 4.69) is 21.2 Å². The Morgan fingerprint density at radius 3 is 2.64 bits per heavy atom. The van der Waals surface area contributed by atoms with Gasteiger partial charge in [-0.1, -0.05) is 30.5 Å². The molecule has 2 saturated heterocycles. The molecule has 4 nitrogen and oxygen atoms in total. The van der Waals surface area contributed by atoms with Crippen LogP contribution in [0.2, 0.25) is 5.02 Å². The van der Waals surface area contributed by atoms with Crippen molar-refractivity contribution in [3.05, 3.63) is 29.3 Å². The molecule has 1 N–H and O–H groups in total. The molecular weight excluding hydrogens is 334 g/mol. The van der Waals surface area contributed by atoms with Crippen molar-refractivity contribution in [1.82, 2.24) is 10.2 Å². The van der Waals surface area contributed by atoms with E-state index >= 15 is 0 Å². The Morgan fingerprint density at radius 1 is 1.16 bits per heavy atom. The smallest absolute Gasteiger partial charge is 0.226 e. The maximum Gasteiger partial charge on any atom is 0.226 e. The third-order valence-electron chi connectivity index (χ3n) is 6.35.